The van der Waals surface area contributed by atoms with E-state index in [4.69, 9.17) is 5.14 Å². The lowest BCUT2D eigenvalue weighted by molar-refractivity contribution is 0.147. The second-order valence-corrected chi connectivity index (χ2v) is 7.61. The molecule has 0 aliphatic rings. The molecule has 27 heavy (non-hydrogen) atoms. The van der Waals surface area contributed by atoms with Crippen LogP contribution in [-0.2, 0) is 10.0 Å². The van der Waals surface area contributed by atoms with Crippen LogP contribution in [0.15, 0.2) is 64.3 Å². The first-order valence-electron chi connectivity index (χ1n) is 7.84. The SMILES string of the molecule is NS(=O)(=O)c1ccc(-n2[nH]c(C(F)F)c3ccc4cc(=O)ccc4c32)cc1. The van der Waals surface area contributed by atoms with Crippen molar-refractivity contribution in [2.24, 2.45) is 5.14 Å². The van der Waals surface area contributed by atoms with Gasteiger partial charge in [0.2, 0.25) is 10.0 Å². The smallest absolute Gasteiger partial charge is 0.280 e. The second kappa shape index (κ2) is 6.00. The molecule has 0 radical (unpaired) electrons. The van der Waals surface area contributed by atoms with E-state index in [1.165, 1.54) is 47.1 Å². The highest BCUT2D eigenvalue weighted by Gasteiger charge is 2.19. The van der Waals surface area contributed by atoms with E-state index >= 15 is 0 Å². The molecule has 3 aromatic carbocycles. The van der Waals surface area contributed by atoms with Gasteiger partial charge in [-0.05, 0) is 47.9 Å². The number of nitrogens with zero attached hydrogens (tertiary/aromatic N) is 1. The van der Waals surface area contributed by atoms with Gasteiger partial charge in [-0.3, -0.25) is 14.6 Å². The Morgan fingerprint density at radius 3 is 2.26 bits per heavy atom. The van der Waals surface area contributed by atoms with Gasteiger partial charge in [-0.2, -0.15) is 0 Å². The van der Waals surface area contributed by atoms with Crippen molar-refractivity contribution < 1.29 is 17.2 Å². The number of rotatable bonds is 3. The number of nitrogens with two attached hydrogens (primary N) is 1. The summed E-state index contributed by atoms with van der Waals surface area (Å²) in [6.45, 7) is 0. The van der Waals surface area contributed by atoms with E-state index in [0.717, 1.165) is 0 Å². The van der Waals surface area contributed by atoms with Crippen LogP contribution in [0, 0.1) is 0 Å². The lowest BCUT2D eigenvalue weighted by atomic mass is 10.1. The number of hydrogen-bond donors (Lipinski definition) is 2. The predicted octanol–water partition coefficient (Wildman–Crippen LogP) is 3.06. The van der Waals surface area contributed by atoms with Crippen molar-refractivity contribution in [2.45, 2.75) is 11.3 Å². The van der Waals surface area contributed by atoms with E-state index in [2.05, 4.69) is 5.10 Å². The number of alkyl halides is 2. The molecule has 4 rings (SSSR count). The number of benzene rings is 3. The van der Waals surface area contributed by atoms with Crippen LogP contribution in [0.1, 0.15) is 12.1 Å². The number of halogens is 2. The minimum absolute atomic E-state index is 0.0855. The first-order chi connectivity index (χ1) is 12.8. The molecule has 0 saturated carbocycles. The molecule has 0 aliphatic carbocycles. The van der Waals surface area contributed by atoms with Gasteiger partial charge in [0.15, 0.2) is 5.43 Å². The quantitative estimate of drug-likeness (QED) is 0.563. The zero-order chi connectivity index (χ0) is 19.3. The monoisotopic (exact) mass is 389 g/mol. The molecule has 0 atom stereocenters. The van der Waals surface area contributed by atoms with E-state index in [0.29, 0.717) is 27.4 Å². The molecule has 0 saturated heterocycles. The number of primary sulfonamides is 1. The maximum atomic E-state index is 13.5. The fourth-order valence-electron chi connectivity index (χ4n) is 3.13. The molecular weight excluding hydrogens is 376 g/mol. The molecule has 3 N–H and O–H groups in total. The van der Waals surface area contributed by atoms with Gasteiger partial charge >= 0.3 is 0 Å². The van der Waals surface area contributed by atoms with Crippen LogP contribution in [0.3, 0.4) is 0 Å². The summed E-state index contributed by atoms with van der Waals surface area (Å²) in [7, 11) is -3.87. The van der Waals surface area contributed by atoms with E-state index in [-0.39, 0.29) is 16.0 Å². The molecule has 0 bridgehead atoms. The molecular formula is C18H13F2N3O3S. The van der Waals surface area contributed by atoms with Crippen LogP contribution < -0.4 is 10.6 Å². The highest BCUT2D eigenvalue weighted by Crippen LogP contribution is 2.33. The molecule has 0 unspecified atom stereocenters. The molecule has 0 fully saturated rings. The van der Waals surface area contributed by atoms with Gasteiger partial charge in [0.1, 0.15) is 5.69 Å². The zero-order valence-corrected chi connectivity index (χ0v) is 14.5. The third-order valence-corrected chi connectivity index (χ3v) is 5.28. The van der Waals surface area contributed by atoms with Crippen molar-refractivity contribution >= 4 is 31.7 Å². The minimum Gasteiger partial charge on any atom is -0.291 e. The summed E-state index contributed by atoms with van der Waals surface area (Å²) >= 11 is 0. The lowest BCUT2D eigenvalue weighted by Crippen LogP contribution is -2.12. The summed E-state index contributed by atoms with van der Waals surface area (Å²) in [5, 5.41) is 9.32. The van der Waals surface area contributed by atoms with Gasteiger partial charge in [0, 0.05) is 10.8 Å². The van der Waals surface area contributed by atoms with Crippen molar-refractivity contribution in [3.05, 3.63) is 70.5 Å². The normalized spacial score (nSPS) is 12.3. The summed E-state index contributed by atoms with van der Waals surface area (Å²) in [6.07, 6.45) is -2.74. The van der Waals surface area contributed by atoms with Crippen LogP contribution in [0.2, 0.25) is 0 Å². The topological polar surface area (TPSA) is 97.9 Å². The molecule has 6 nitrogen and oxygen atoms in total. The summed E-state index contributed by atoms with van der Waals surface area (Å²) in [5.41, 5.74) is 0.452. The number of aromatic nitrogens is 2. The molecule has 0 spiro atoms. The maximum Gasteiger partial charge on any atom is 0.280 e. The largest absolute Gasteiger partial charge is 0.291 e. The molecule has 0 aliphatic heterocycles. The molecule has 4 aromatic rings. The van der Waals surface area contributed by atoms with Gasteiger partial charge in [-0.25, -0.2) is 22.3 Å². The summed E-state index contributed by atoms with van der Waals surface area (Å²) < 4.78 is 51.3. The van der Waals surface area contributed by atoms with E-state index in [1.54, 1.807) is 12.1 Å². The number of aromatic amines is 1. The fraction of sp³-hybridized carbons (Fsp3) is 0.0556. The van der Waals surface area contributed by atoms with Gasteiger partial charge in [-0.1, -0.05) is 12.1 Å². The van der Waals surface area contributed by atoms with Gasteiger partial charge in [0.05, 0.1) is 16.1 Å². The van der Waals surface area contributed by atoms with Crippen LogP contribution in [-0.4, -0.2) is 18.2 Å². The zero-order valence-electron chi connectivity index (χ0n) is 13.7. The number of hydrogen-bond acceptors (Lipinski definition) is 3. The number of nitrogens with one attached hydrogen (secondary N) is 1. The van der Waals surface area contributed by atoms with Crippen molar-refractivity contribution in [2.75, 3.05) is 0 Å². The predicted molar refractivity (Wildman–Crippen MR) is 97.7 cm³/mol. The third-order valence-electron chi connectivity index (χ3n) is 4.35. The Morgan fingerprint density at radius 1 is 0.963 bits per heavy atom. The summed E-state index contributed by atoms with van der Waals surface area (Å²) in [6, 6.07) is 13.1. The van der Waals surface area contributed by atoms with Crippen molar-refractivity contribution in [3.8, 4) is 5.69 Å². The average molecular weight is 389 g/mol. The number of sulfonamides is 1. The highest BCUT2D eigenvalue weighted by atomic mass is 32.2. The average Bonchev–Trinajstić information content (AvgIpc) is 3.01. The van der Waals surface area contributed by atoms with Crippen molar-refractivity contribution in [1.82, 2.24) is 9.78 Å². The lowest BCUT2D eigenvalue weighted by Gasteiger charge is -2.08. The summed E-state index contributed by atoms with van der Waals surface area (Å²) in [4.78, 5) is 11.5. The van der Waals surface area contributed by atoms with Crippen LogP contribution in [0.25, 0.3) is 27.4 Å². The number of fused-ring (bicyclic) bond motifs is 3. The van der Waals surface area contributed by atoms with E-state index in [9.17, 15) is 22.0 Å². The fourth-order valence-corrected chi connectivity index (χ4v) is 3.65. The van der Waals surface area contributed by atoms with Crippen LogP contribution in [0.4, 0.5) is 8.78 Å². The molecule has 1 aromatic heterocycles. The van der Waals surface area contributed by atoms with Gasteiger partial charge in [-0.15, -0.1) is 0 Å². The molecule has 138 valence electrons. The Labute approximate surface area is 151 Å². The van der Waals surface area contributed by atoms with Crippen molar-refractivity contribution in [1.29, 1.82) is 0 Å². The standard InChI is InChI=1S/C18H13F2N3O3S/c19-18(20)16-15-7-1-10-9-12(24)4-8-14(10)17(15)23(22-16)11-2-5-13(6-3-11)27(21,25)26/h1-9,18,22H,(H2,21,25,26). The first-order valence-corrected chi connectivity index (χ1v) is 9.39. The summed E-state index contributed by atoms with van der Waals surface area (Å²) in [5.74, 6) is 0. The Balaban J connectivity index is 2.06. The maximum absolute atomic E-state index is 13.5. The van der Waals surface area contributed by atoms with E-state index in [1.807, 2.05) is 0 Å². The molecule has 0 amide bonds. The van der Waals surface area contributed by atoms with Gasteiger partial charge < -0.3 is 0 Å². The van der Waals surface area contributed by atoms with Crippen LogP contribution in [0.5, 0.6) is 0 Å². The second-order valence-electron chi connectivity index (χ2n) is 6.05. The number of H-pyrrole nitrogens is 1. The highest BCUT2D eigenvalue weighted by molar-refractivity contribution is 7.89. The third kappa shape index (κ3) is 2.90. The Bertz CT molecular complexity index is 1340. The Morgan fingerprint density at radius 2 is 1.63 bits per heavy atom. The Kier molecular flexibility index (Phi) is 3.86. The van der Waals surface area contributed by atoms with E-state index < -0.39 is 16.4 Å². The van der Waals surface area contributed by atoms with Crippen molar-refractivity contribution in [3.63, 3.8) is 0 Å². The van der Waals surface area contributed by atoms with Crippen LogP contribution >= 0.6 is 0 Å². The minimum atomic E-state index is -3.87. The molecule has 9 heteroatoms. The first kappa shape index (κ1) is 17.4. The molecule has 1 heterocycles. The Hall–Kier alpha value is -3.04. The van der Waals surface area contributed by atoms with Gasteiger partial charge in [0.25, 0.3) is 6.43 Å².